The number of ketones is 1. The number of nitrogens with one attached hydrogen (secondary N) is 1. The lowest BCUT2D eigenvalue weighted by molar-refractivity contribution is 0.100. The normalized spacial score (nSPS) is 16.6. The van der Waals surface area contributed by atoms with Gasteiger partial charge < -0.3 is 14.8 Å². The van der Waals surface area contributed by atoms with Crippen LogP contribution in [-0.4, -0.2) is 41.3 Å². The molecule has 1 saturated carbocycles. The van der Waals surface area contributed by atoms with Crippen molar-refractivity contribution in [3.63, 3.8) is 0 Å². The van der Waals surface area contributed by atoms with Crippen molar-refractivity contribution in [2.45, 2.75) is 90.3 Å². The highest BCUT2D eigenvalue weighted by atomic mass is 35.5. The van der Waals surface area contributed by atoms with Crippen molar-refractivity contribution in [3.8, 4) is 22.8 Å². The molecule has 1 N–H and O–H groups in total. The van der Waals surface area contributed by atoms with Crippen LogP contribution in [0.4, 0.5) is 0 Å². The van der Waals surface area contributed by atoms with Gasteiger partial charge in [-0.1, -0.05) is 25.8 Å². The number of benzene rings is 1. The maximum Gasteiger partial charge on any atom is 0.234 e. The van der Waals surface area contributed by atoms with E-state index in [0.717, 1.165) is 74.9 Å². The summed E-state index contributed by atoms with van der Waals surface area (Å²) in [7, 11) is 0. The van der Waals surface area contributed by atoms with Crippen LogP contribution in [0.25, 0.3) is 11.1 Å². The van der Waals surface area contributed by atoms with E-state index in [4.69, 9.17) is 9.47 Å². The van der Waals surface area contributed by atoms with Crippen LogP contribution < -0.4 is 14.8 Å². The van der Waals surface area contributed by atoms with Crippen LogP contribution in [-0.2, 0) is 6.42 Å². The molecule has 0 radical (unpaired) electrons. The topological polar surface area (TPSA) is 73.3 Å². The zero-order chi connectivity index (χ0) is 23.0. The van der Waals surface area contributed by atoms with Crippen LogP contribution in [0.15, 0.2) is 24.3 Å². The Bertz CT molecular complexity index is 945. The Morgan fingerprint density at radius 3 is 2.37 bits per heavy atom. The molecule has 2 aliphatic rings. The highest BCUT2D eigenvalue weighted by Gasteiger charge is 2.21. The standard InChI is InChI=1S/C27H37N3O3.2ClH/c1-3-4-10-25-24(18-27(30-29-25)33-22-13-15-28-16-14-22)20-11-12-26(23(17-20)19(2)31)32-21-8-6-5-7-9-21;;/h11-12,17-18,21-22,28H,3-10,13-16H2,1-2H3;2*1H. The molecule has 8 heteroatoms. The number of unbranched alkanes of at least 4 members (excludes halogenated alkanes) is 1. The number of Topliss-reactive ketones (excluding diaryl/α,β-unsaturated/α-hetero) is 1. The van der Waals surface area contributed by atoms with Gasteiger partial charge in [0.25, 0.3) is 0 Å². The van der Waals surface area contributed by atoms with Gasteiger partial charge in [-0.25, -0.2) is 0 Å². The maximum atomic E-state index is 12.5. The molecule has 194 valence electrons. The van der Waals surface area contributed by atoms with E-state index in [1.54, 1.807) is 6.92 Å². The van der Waals surface area contributed by atoms with Crippen molar-refractivity contribution in [2.75, 3.05) is 13.1 Å². The second kappa shape index (κ2) is 14.6. The quantitative estimate of drug-likeness (QED) is 0.384. The second-order valence-corrected chi connectivity index (χ2v) is 9.36. The molecule has 0 spiro atoms. The number of carbonyl (C=O) groups is 1. The minimum atomic E-state index is 0. The van der Waals surface area contributed by atoms with E-state index in [2.05, 4.69) is 22.4 Å². The molecule has 6 nitrogen and oxygen atoms in total. The fraction of sp³-hybridized carbons (Fsp3) is 0.593. The molecule has 1 aliphatic heterocycles. The van der Waals surface area contributed by atoms with E-state index in [1.165, 1.54) is 19.3 Å². The van der Waals surface area contributed by atoms with Crippen LogP contribution in [0.1, 0.15) is 87.7 Å². The number of ether oxygens (including phenoxy) is 2. The highest BCUT2D eigenvalue weighted by molar-refractivity contribution is 5.98. The summed E-state index contributed by atoms with van der Waals surface area (Å²) in [6.07, 6.45) is 11.1. The van der Waals surface area contributed by atoms with E-state index in [0.29, 0.717) is 17.2 Å². The van der Waals surface area contributed by atoms with E-state index in [9.17, 15) is 4.79 Å². The van der Waals surface area contributed by atoms with Crippen LogP contribution in [0.2, 0.25) is 0 Å². The fourth-order valence-corrected chi connectivity index (χ4v) is 4.76. The third-order valence-corrected chi connectivity index (χ3v) is 6.70. The van der Waals surface area contributed by atoms with Gasteiger partial charge >= 0.3 is 0 Å². The molecule has 0 unspecified atom stereocenters. The monoisotopic (exact) mass is 523 g/mol. The van der Waals surface area contributed by atoms with Crippen molar-refractivity contribution in [1.29, 1.82) is 0 Å². The Kier molecular flexibility index (Phi) is 12.3. The number of hydrogen-bond donors (Lipinski definition) is 1. The van der Waals surface area contributed by atoms with Gasteiger partial charge in [0.1, 0.15) is 11.9 Å². The summed E-state index contributed by atoms with van der Waals surface area (Å²) in [5.74, 6) is 1.27. The molecule has 2 fully saturated rings. The van der Waals surface area contributed by atoms with Crippen molar-refractivity contribution in [2.24, 2.45) is 0 Å². The van der Waals surface area contributed by atoms with Gasteiger partial charge in [-0.3, -0.25) is 4.79 Å². The Balaban J connectivity index is 0.00000216. The van der Waals surface area contributed by atoms with Crippen molar-refractivity contribution in [3.05, 3.63) is 35.5 Å². The number of halogens is 2. The van der Waals surface area contributed by atoms with Gasteiger partial charge in [0, 0.05) is 11.6 Å². The van der Waals surface area contributed by atoms with Crippen molar-refractivity contribution < 1.29 is 14.3 Å². The van der Waals surface area contributed by atoms with Gasteiger partial charge in [0.05, 0.1) is 17.4 Å². The number of rotatable bonds is 9. The van der Waals surface area contributed by atoms with Gasteiger partial charge in [-0.15, -0.1) is 29.9 Å². The minimum Gasteiger partial charge on any atom is -0.490 e. The number of carbonyl (C=O) groups excluding carboxylic acids is 1. The summed E-state index contributed by atoms with van der Waals surface area (Å²) < 4.78 is 12.5. The lowest BCUT2D eigenvalue weighted by Gasteiger charge is -2.24. The molecule has 1 saturated heterocycles. The third-order valence-electron chi connectivity index (χ3n) is 6.70. The minimum absolute atomic E-state index is 0. The molecule has 0 amide bonds. The second-order valence-electron chi connectivity index (χ2n) is 9.36. The molecular weight excluding hydrogens is 485 g/mol. The van der Waals surface area contributed by atoms with E-state index in [1.807, 2.05) is 24.3 Å². The molecule has 1 aromatic carbocycles. The largest absolute Gasteiger partial charge is 0.490 e. The molecule has 2 aromatic rings. The predicted molar refractivity (Wildman–Crippen MR) is 145 cm³/mol. The average molecular weight is 525 g/mol. The van der Waals surface area contributed by atoms with Crippen LogP contribution in [0.3, 0.4) is 0 Å². The van der Waals surface area contributed by atoms with Crippen molar-refractivity contribution >= 4 is 30.6 Å². The molecule has 1 aliphatic carbocycles. The molecule has 2 heterocycles. The first-order valence-electron chi connectivity index (χ1n) is 12.7. The SMILES string of the molecule is CCCCc1nnc(OC2CCNCC2)cc1-c1ccc(OC2CCCCC2)c(C(C)=O)c1.Cl.Cl. The average Bonchev–Trinajstić information content (AvgIpc) is 2.84. The lowest BCUT2D eigenvalue weighted by Crippen LogP contribution is -2.34. The maximum absolute atomic E-state index is 12.5. The first-order chi connectivity index (χ1) is 16.1. The van der Waals surface area contributed by atoms with Gasteiger partial charge in [-0.05, 0) is 89.1 Å². The highest BCUT2D eigenvalue weighted by Crippen LogP contribution is 2.33. The van der Waals surface area contributed by atoms with Crippen molar-refractivity contribution in [1.82, 2.24) is 15.5 Å². The smallest absolute Gasteiger partial charge is 0.234 e. The summed E-state index contributed by atoms with van der Waals surface area (Å²) in [5.41, 5.74) is 3.54. The molecule has 0 atom stereocenters. The van der Waals surface area contributed by atoms with E-state index >= 15 is 0 Å². The lowest BCUT2D eigenvalue weighted by atomic mass is 9.96. The molecular formula is C27H39Cl2N3O3. The number of piperidine rings is 1. The zero-order valence-corrected chi connectivity index (χ0v) is 22.5. The molecule has 4 rings (SSSR count). The Morgan fingerprint density at radius 2 is 1.69 bits per heavy atom. The Hall–Kier alpha value is -1.89. The third kappa shape index (κ3) is 8.06. The summed E-state index contributed by atoms with van der Waals surface area (Å²) >= 11 is 0. The fourth-order valence-electron chi connectivity index (χ4n) is 4.76. The molecule has 1 aromatic heterocycles. The summed E-state index contributed by atoms with van der Waals surface area (Å²) in [6.45, 7) is 5.71. The number of aryl methyl sites for hydroxylation is 1. The first kappa shape index (κ1) is 29.3. The van der Waals surface area contributed by atoms with Gasteiger partial charge in [0.2, 0.25) is 5.88 Å². The molecule has 0 bridgehead atoms. The van der Waals surface area contributed by atoms with Gasteiger partial charge in [-0.2, -0.15) is 5.10 Å². The number of hydrogen-bond acceptors (Lipinski definition) is 6. The first-order valence-corrected chi connectivity index (χ1v) is 12.7. The van der Waals surface area contributed by atoms with Gasteiger partial charge in [0.15, 0.2) is 5.78 Å². The van der Waals surface area contributed by atoms with E-state index in [-0.39, 0.29) is 42.8 Å². The number of aromatic nitrogens is 2. The Labute approximate surface area is 221 Å². The number of nitrogens with zero attached hydrogens (tertiary/aromatic N) is 2. The van der Waals surface area contributed by atoms with E-state index < -0.39 is 0 Å². The molecule has 35 heavy (non-hydrogen) atoms. The Morgan fingerprint density at radius 1 is 0.971 bits per heavy atom. The zero-order valence-electron chi connectivity index (χ0n) is 20.9. The summed E-state index contributed by atoms with van der Waals surface area (Å²) in [4.78, 5) is 12.5. The van der Waals surface area contributed by atoms with Crippen LogP contribution >= 0.6 is 24.8 Å². The van der Waals surface area contributed by atoms with Crippen LogP contribution in [0, 0.1) is 0 Å². The van der Waals surface area contributed by atoms with Crippen LogP contribution in [0.5, 0.6) is 11.6 Å². The predicted octanol–water partition coefficient (Wildman–Crippen LogP) is 6.37. The summed E-state index contributed by atoms with van der Waals surface area (Å²) in [6, 6.07) is 7.96. The summed E-state index contributed by atoms with van der Waals surface area (Å²) in [5, 5.41) is 12.3.